The van der Waals surface area contributed by atoms with Crippen LogP contribution in [0.5, 0.6) is 0 Å². The molecule has 1 aliphatic heterocycles. The zero-order chi connectivity index (χ0) is 13.5. The highest BCUT2D eigenvalue weighted by molar-refractivity contribution is 5.85. The largest absolute Gasteiger partial charge is 0.343 e. The third kappa shape index (κ3) is 5.78. The first-order valence-electron chi connectivity index (χ1n) is 6.87. The Morgan fingerprint density at radius 3 is 2.42 bits per heavy atom. The molecular formula is C13H26ClN3O2. The van der Waals surface area contributed by atoms with Crippen LogP contribution in [0.4, 0.5) is 0 Å². The topological polar surface area (TPSA) is 52.7 Å². The normalized spacial score (nSPS) is 18.7. The van der Waals surface area contributed by atoms with Gasteiger partial charge in [-0.15, -0.1) is 12.4 Å². The summed E-state index contributed by atoms with van der Waals surface area (Å²) in [6.45, 7) is 9.77. The fourth-order valence-electron chi connectivity index (χ4n) is 2.27. The van der Waals surface area contributed by atoms with E-state index in [-0.39, 0.29) is 24.2 Å². The number of piperazine rings is 1. The zero-order valence-electron chi connectivity index (χ0n) is 12.1. The Kier molecular flexibility index (Phi) is 8.76. The summed E-state index contributed by atoms with van der Waals surface area (Å²) in [5, 5.41) is 3.30. The molecule has 1 aliphatic rings. The Labute approximate surface area is 122 Å². The maximum absolute atomic E-state index is 12.0. The van der Waals surface area contributed by atoms with Crippen LogP contribution in [0.2, 0.25) is 0 Å². The van der Waals surface area contributed by atoms with E-state index in [9.17, 15) is 9.59 Å². The lowest BCUT2D eigenvalue weighted by molar-refractivity contribution is -0.137. The molecule has 1 atom stereocenters. The summed E-state index contributed by atoms with van der Waals surface area (Å²) in [5.41, 5.74) is 0. The molecule has 0 aromatic carbocycles. The highest BCUT2D eigenvalue weighted by Crippen LogP contribution is 2.05. The minimum absolute atomic E-state index is 0. The average molecular weight is 292 g/mol. The lowest BCUT2D eigenvalue weighted by Gasteiger charge is -2.32. The summed E-state index contributed by atoms with van der Waals surface area (Å²) >= 11 is 0. The molecular weight excluding hydrogens is 266 g/mol. The van der Waals surface area contributed by atoms with Gasteiger partial charge in [-0.3, -0.25) is 9.59 Å². The van der Waals surface area contributed by atoms with E-state index in [1.165, 1.54) is 0 Å². The highest BCUT2D eigenvalue weighted by Gasteiger charge is 2.21. The Hall–Kier alpha value is -0.810. The molecule has 0 aromatic rings. The molecule has 5 nitrogen and oxygen atoms in total. The summed E-state index contributed by atoms with van der Waals surface area (Å²) in [5.74, 6) is 0.181. The number of nitrogens with zero attached hydrogens (tertiary/aromatic N) is 2. The molecule has 1 rings (SSSR count). The van der Waals surface area contributed by atoms with Crippen LogP contribution in [0.25, 0.3) is 0 Å². The van der Waals surface area contributed by atoms with Crippen molar-refractivity contribution < 1.29 is 9.59 Å². The van der Waals surface area contributed by atoms with Crippen molar-refractivity contribution >= 4 is 24.2 Å². The van der Waals surface area contributed by atoms with Crippen molar-refractivity contribution in [3.63, 3.8) is 0 Å². The van der Waals surface area contributed by atoms with Crippen LogP contribution in [-0.4, -0.2) is 60.4 Å². The van der Waals surface area contributed by atoms with Crippen LogP contribution < -0.4 is 5.32 Å². The van der Waals surface area contributed by atoms with Gasteiger partial charge in [0.25, 0.3) is 0 Å². The minimum atomic E-state index is 0. The van der Waals surface area contributed by atoms with E-state index in [4.69, 9.17) is 0 Å². The van der Waals surface area contributed by atoms with Gasteiger partial charge >= 0.3 is 0 Å². The Morgan fingerprint density at radius 2 is 1.89 bits per heavy atom. The van der Waals surface area contributed by atoms with Gasteiger partial charge in [0.1, 0.15) is 0 Å². The van der Waals surface area contributed by atoms with Crippen molar-refractivity contribution in [1.29, 1.82) is 0 Å². The first kappa shape index (κ1) is 18.2. The quantitative estimate of drug-likeness (QED) is 0.818. The van der Waals surface area contributed by atoms with Crippen molar-refractivity contribution in [1.82, 2.24) is 15.1 Å². The van der Waals surface area contributed by atoms with Gasteiger partial charge in [-0.2, -0.15) is 0 Å². The minimum Gasteiger partial charge on any atom is -0.343 e. The molecule has 1 heterocycles. The molecule has 19 heavy (non-hydrogen) atoms. The number of hydrogen-bond acceptors (Lipinski definition) is 3. The number of nitrogens with one attached hydrogen (secondary N) is 1. The number of hydrogen-bond donors (Lipinski definition) is 1. The van der Waals surface area contributed by atoms with Crippen molar-refractivity contribution in [2.75, 3.05) is 32.7 Å². The van der Waals surface area contributed by atoms with Gasteiger partial charge in [0.15, 0.2) is 0 Å². The summed E-state index contributed by atoms with van der Waals surface area (Å²) in [6, 6.07) is 0.348. The summed E-state index contributed by atoms with van der Waals surface area (Å²) in [4.78, 5) is 27.4. The molecule has 1 fully saturated rings. The number of amides is 2. The molecule has 0 saturated carbocycles. The smallest absolute Gasteiger partial charge is 0.223 e. The van der Waals surface area contributed by atoms with Gasteiger partial charge in [-0.05, 0) is 20.8 Å². The predicted molar refractivity (Wildman–Crippen MR) is 78.5 cm³/mol. The maximum atomic E-state index is 12.0. The molecule has 6 heteroatoms. The monoisotopic (exact) mass is 291 g/mol. The molecule has 0 aliphatic carbocycles. The van der Waals surface area contributed by atoms with E-state index in [1.807, 2.05) is 18.7 Å². The predicted octanol–water partition coefficient (Wildman–Crippen LogP) is 0.877. The molecule has 0 spiro atoms. The van der Waals surface area contributed by atoms with E-state index in [1.54, 1.807) is 4.90 Å². The zero-order valence-corrected chi connectivity index (χ0v) is 13.0. The highest BCUT2D eigenvalue weighted by atomic mass is 35.5. The standard InChI is InChI=1S/C13H25N3O2.ClH/c1-4-15(5-2)12(17)6-7-13(18)16-9-8-14-11(3)10-16;/h11,14H,4-10H2,1-3H3;1H. The van der Waals surface area contributed by atoms with E-state index in [0.717, 1.165) is 19.6 Å². The maximum Gasteiger partial charge on any atom is 0.223 e. The average Bonchev–Trinajstić information content (AvgIpc) is 2.37. The van der Waals surface area contributed by atoms with Gasteiger partial charge < -0.3 is 15.1 Å². The van der Waals surface area contributed by atoms with Crippen molar-refractivity contribution in [2.45, 2.75) is 39.7 Å². The third-order valence-corrected chi connectivity index (χ3v) is 3.39. The SMILES string of the molecule is CCN(CC)C(=O)CCC(=O)N1CCNC(C)C1.Cl. The van der Waals surface area contributed by atoms with Gasteiger partial charge in [-0.1, -0.05) is 0 Å². The molecule has 0 radical (unpaired) electrons. The van der Waals surface area contributed by atoms with E-state index in [0.29, 0.717) is 32.0 Å². The number of halogens is 1. The fourth-order valence-corrected chi connectivity index (χ4v) is 2.27. The molecule has 112 valence electrons. The second kappa shape index (κ2) is 9.15. The molecule has 1 N–H and O–H groups in total. The summed E-state index contributed by atoms with van der Waals surface area (Å²) in [6.07, 6.45) is 0.668. The lowest BCUT2D eigenvalue weighted by atomic mass is 10.2. The van der Waals surface area contributed by atoms with E-state index >= 15 is 0 Å². The molecule has 0 aromatic heterocycles. The first-order chi connectivity index (χ1) is 8.58. The van der Waals surface area contributed by atoms with E-state index < -0.39 is 0 Å². The Balaban J connectivity index is 0.00000324. The fraction of sp³-hybridized carbons (Fsp3) is 0.846. The second-order valence-corrected chi connectivity index (χ2v) is 4.76. The second-order valence-electron chi connectivity index (χ2n) is 4.76. The van der Waals surface area contributed by atoms with Gasteiger partial charge in [-0.25, -0.2) is 0 Å². The van der Waals surface area contributed by atoms with Gasteiger partial charge in [0.2, 0.25) is 11.8 Å². The summed E-state index contributed by atoms with van der Waals surface area (Å²) < 4.78 is 0. The molecule has 0 bridgehead atoms. The number of carbonyl (C=O) groups is 2. The van der Waals surface area contributed by atoms with E-state index in [2.05, 4.69) is 12.2 Å². The van der Waals surface area contributed by atoms with Crippen LogP contribution in [0.3, 0.4) is 0 Å². The van der Waals surface area contributed by atoms with Gasteiger partial charge in [0.05, 0.1) is 0 Å². The number of carbonyl (C=O) groups excluding carboxylic acids is 2. The number of rotatable bonds is 5. The van der Waals surface area contributed by atoms with Crippen molar-refractivity contribution in [3.8, 4) is 0 Å². The van der Waals surface area contributed by atoms with Crippen LogP contribution in [-0.2, 0) is 9.59 Å². The van der Waals surface area contributed by atoms with Gasteiger partial charge in [0, 0.05) is 51.6 Å². The van der Waals surface area contributed by atoms with Crippen LogP contribution >= 0.6 is 12.4 Å². The molecule has 2 amide bonds. The Bertz CT molecular complexity index is 296. The molecule has 1 saturated heterocycles. The lowest BCUT2D eigenvalue weighted by Crippen LogP contribution is -2.51. The third-order valence-electron chi connectivity index (χ3n) is 3.39. The first-order valence-corrected chi connectivity index (χ1v) is 6.87. The summed E-state index contributed by atoms with van der Waals surface area (Å²) in [7, 11) is 0. The van der Waals surface area contributed by atoms with Crippen LogP contribution in [0, 0.1) is 0 Å². The Morgan fingerprint density at radius 1 is 1.26 bits per heavy atom. The van der Waals surface area contributed by atoms with Crippen molar-refractivity contribution in [2.24, 2.45) is 0 Å². The van der Waals surface area contributed by atoms with Crippen LogP contribution in [0.1, 0.15) is 33.6 Å². The van der Waals surface area contributed by atoms with Crippen molar-refractivity contribution in [3.05, 3.63) is 0 Å². The molecule has 1 unspecified atom stereocenters. The van der Waals surface area contributed by atoms with Crippen LogP contribution in [0.15, 0.2) is 0 Å².